The van der Waals surface area contributed by atoms with Gasteiger partial charge in [-0.2, -0.15) is 0 Å². The van der Waals surface area contributed by atoms with Crippen LogP contribution in [0.5, 0.6) is 0 Å². The van der Waals surface area contributed by atoms with Crippen LogP contribution in [0.3, 0.4) is 0 Å². The quantitative estimate of drug-likeness (QED) is 0.554. The van der Waals surface area contributed by atoms with Crippen LogP contribution in [0.4, 0.5) is 0 Å². The molecule has 1 rings (SSSR count). The fourth-order valence-electron chi connectivity index (χ4n) is 2.24. The molecular formula is C13H23NO2. The molecule has 16 heavy (non-hydrogen) atoms. The summed E-state index contributed by atoms with van der Waals surface area (Å²) in [6.45, 7) is 4.49. The van der Waals surface area contributed by atoms with Gasteiger partial charge in [0, 0.05) is 19.5 Å². The van der Waals surface area contributed by atoms with Gasteiger partial charge in [0.05, 0.1) is 6.10 Å². The molecular weight excluding hydrogens is 202 g/mol. The maximum atomic E-state index is 11.9. The second-order valence-electron chi connectivity index (χ2n) is 4.71. The van der Waals surface area contributed by atoms with Crippen LogP contribution in [-0.4, -0.2) is 35.6 Å². The summed E-state index contributed by atoms with van der Waals surface area (Å²) >= 11 is 0. The van der Waals surface area contributed by atoms with Crippen LogP contribution in [-0.2, 0) is 4.79 Å². The van der Waals surface area contributed by atoms with Gasteiger partial charge in [0.25, 0.3) is 0 Å². The molecule has 92 valence electrons. The van der Waals surface area contributed by atoms with E-state index >= 15 is 0 Å². The summed E-state index contributed by atoms with van der Waals surface area (Å²) in [5.74, 6) is 0.259. The molecule has 1 aliphatic rings. The van der Waals surface area contributed by atoms with E-state index in [-0.39, 0.29) is 17.9 Å². The number of rotatable bonds is 6. The van der Waals surface area contributed by atoms with E-state index in [0.29, 0.717) is 6.42 Å². The van der Waals surface area contributed by atoms with Crippen LogP contribution in [0.2, 0.25) is 0 Å². The van der Waals surface area contributed by atoms with E-state index in [0.717, 1.165) is 38.6 Å². The second-order valence-corrected chi connectivity index (χ2v) is 4.71. The predicted molar refractivity (Wildman–Crippen MR) is 65.0 cm³/mol. The molecule has 0 spiro atoms. The molecule has 2 unspecified atom stereocenters. The minimum absolute atomic E-state index is 0.0550. The van der Waals surface area contributed by atoms with Crippen molar-refractivity contribution in [3.63, 3.8) is 0 Å². The van der Waals surface area contributed by atoms with Crippen LogP contribution >= 0.6 is 0 Å². The monoisotopic (exact) mass is 225 g/mol. The maximum Gasteiger partial charge on any atom is 0.225 e. The van der Waals surface area contributed by atoms with Crippen LogP contribution in [0.1, 0.15) is 38.5 Å². The zero-order valence-corrected chi connectivity index (χ0v) is 10.2. The number of unbranched alkanes of at least 4 members (excludes halogenated alkanes) is 2. The van der Waals surface area contributed by atoms with Gasteiger partial charge in [-0.1, -0.05) is 6.08 Å². The van der Waals surface area contributed by atoms with Gasteiger partial charge in [0.1, 0.15) is 0 Å². The predicted octanol–water partition coefficient (Wildman–Crippen LogP) is 1.96. The smallest absolute Gasteiger partial charge is 0.225 e. The summed E-state index contributed by atoms with van der Waals surface area (Å²) in [6, 6.07) is 0. The molecule has 3 nitrogen and oxygen atoms in total. The Balaban J connectivity index is 2.22. The van der Waals surface area contributed by atoms with Gasteiger partial charge in [0.15, 0.2) is 0 Å². The van der Waals surface area contributed by atoms with Crippen molar-refractivity contribution in [1.82, 2.24) is 4.90 Å². The Hall–Kier alpha value is -0.830. The summed E-state index contributed by atoms with van der Waals surface area (Å²) in [5, 5.41) is 9.39. The average Bonchev–Trinajstić information content (AvgIpc) is 2.70. The van der Waals surface area contributed by atoms with Crippen molar-refractivity contribution in [2.24, 2.45) is 5.92 Å². The lowest BCUT2D eigenvalue weighted by Gasteiger charge is -2.20. The number of amides is 1. The Morgan fingerprint density at radius 3 is 2.81 bits per heavy atom. The number of nitrogens with zero attached hydrogens (tertiary/aromatic N) is 1. The largest absolute Gasteiger partial charge is 0.393 e. The highest BCUT2D eigenvalue weighted by molar-refractivity contribution is 5.78. The number of carbonyl (C=O) groups is 1. The summed E-state index contributed by atoms with van der Waals surface area (Å²) in [4.78, 5) is 13.8. The topological polar surface area (TPSA) is 40.5 Å². The first-order valence-corrected chi connectivity index (χ1v) is 6.19. The Kier molecular flexibility index (Phi) is 5.53. The molecule has 1 aliphatic carbocycles. The molecule has 0 saturated heterocycles. The Labute approximate surface area is 98.1 Å². The number of allylic oxidation sites excluding steroid dienone is 1. The van der Waals surface area contributed by atoms with Crippen LogP contribution in [0.15, 0.2) is 12.7 Å². The first kappa shape index (κ1) is 13.2. The third-order valence-corrected chi connectivity index (χ3v) is 3.28. The highest BCUT2D eigenvalue weighted by atomic mass is 16.3. The molecule has 0 bridgehead atoms. The number of hydrogen-bond donors (Lipinski definition) is 1. The van der Waals surface area contributed by atoms with Gasteiger partial charge in [-0.05, 0) is 38.5 Å². The van der Waals surface area contributed by atoms with E-state index in [1.165, 1.54) is 0 Å². The van der Waals surface area contributed by atoms with Crippen molar-refractivity contribution in [3.05, 3.63) is 12.7 Å². The van der Waals surface area contributed by atoms with E-state index in [9.17, 15) is 9.90 Å². The van der Waals surface area contributed by atoms with Gasteiger partial charge >= 0.3 is 0 Å². The van der Waals surface area contributed by atoms with Crippen molar-refractivity contribution >= 4 is 5.91 Å². The molecule has 1 saturated carbocycles. The standard InChI is InChI=1S/C13H23NO2/c1-3-4-5-6-9-14(2)13(16)11-7-8-12(15)10-11/h3,11-12,15H,1,4-10H2,2H3. The average molecular weight is 225 g/mol. The van der Waals surface area contributed by atoms with E-state index in [1.54, 1.807) is 0 Å². The van der Waals surface area contributed by atoms with Crippen molar-refractivity contribution in [3.8, 4) is 0 Å². The summed E-state index contributed by atoms with van der Waals surface area (Å²) in [5.41, 5.74) is 0. The molecule has 1 amide bonds. The summed E-state index contributed by atoms with van der Waals surface area (Å²) in [6.07, 6.45) is 7.06. The van der Waals surface area contributed by atoms with Gasteiger partial charge in [-0.15, -0.1) is 6.58 Å². The molecule has 2 atom stereocenters. The second kappa shape index (κ2) is 6.69. The van der Waals surface area contributed by atoms with Crippen LogP contribution < -0.4 is 0 Å². The molecule has 0 aromatic heterocycles. The Morgan fingerprint density at radius 1 is 1.50 bits per heavy atom. The summed E-state index contributed by atoms with van der Waals surface area (Å²) in [7, 11) is 1.86. The Morgan fingerprint density at radius 2 is 2.25 bits per heavy atom. The fourth-order valence-corrected chi connectivity index (χ4v) is 2.24. The first-order valence-electron chi connectivity index (χ1n) is 6.19. The minimum Gasteiger partial charge on any atom is -0.393 e. The zero-order chi connectivity index (χ0) is 12.0. The lowest BCUT2D eigenvalue weighted by atomic mass is 10.1. The minimum atomic E-state index is -0.261. The lowest BCUT2D eigenvalue weighted by Crippen LogP contribution is -2.32. The van der Waals surface area contributed by atoms with Crippen molar-refractivity contribution in [1.29, 1.82) is 0 Å². The number of aliphatic hydroxyl groups excluding tert-OH is 1. The van der Waals surface area contributed by atoms with Gasteiger partial charge < -0.3 is 10.0 Å². The molecule has 0 aromatic rings. The molecule has 1 N–H and O–H groups in total. The SMILES string of the molecule is C=CCCCCN(C)C(=O)C1CCC(O)C1. The van der Waals surface area contributed by atoms with E-state index in [4.69, 9.17) is 0 Å². The van der Waals surface area contributed by atoms with Crippen molar-refractivity contribution in [2.45, 2.75) is 44.6 Å². The lowest BCUT2D eigenvalue weighted by molar-refractivity contribution is -0.134. The third kappa shape index (κ3) is 3.97. The number of aliphatic hydroxyl groups is 1. The summed E-state index contributed by atoms with van der Waals surface area (Å²) < 4.78 is 0. The van der Waals surface area contributed by atoms with Crippen molar-refractivity contribution in [2.75, 3.05) is 13.6 Å². The maximum absolute atomic E-state index is 11.9. The Bertz CT molecular complexity index is 240. The highest BCUT2D eigenvalue weighted by Crippen LogP contribution is 2.26. The molecule has 3 heteroatoms. The normalized spacial score (nSPS) is 24.4. The van der Waals surface area contributed by atoms with Gasteiger partial charge in [-0.3, -0.25) is 4.79 Å². The third-order valence-electron chi connectivity index (χ3n) is 3.28. The fraction of sp³-hybridized carbons (Fsp3) is 0.769. The molecule has 1 fully saturated rings. The van der Waals surface area contributed by atoms with E-state index < -0.39 is 0 Å². The van der Waals surface area contributed by atoms with Crippen LogP contribution in [0.25, 0.3) is 0 Å². The number of carbonyl (C=O) groups excluding carboxylic acids is 1. The molecule has 0 aliphatic heterocycles. The van der Waals surface area contributed by atoms with Crippen molar-refractivity contribution < 1.29 is 9.90 Å². The zero-order valence-electron chi connectivity index (χ0n) is 10.2. The van der Waals surface area contributed by atoms with E-state index in [1.807, 2.05) is 18.0 Å². The molecule has 0 heterocycles. The van der Waals surface area contributed by atoms with Gasteiger partial charge in [0.2, 0.25) is 5.91 Å². The molecule has 0 radical (unpaired) electrons. The highest BCUT2D eigenvalue weighted by Gasteiger charge is 2.30. The van der Waals surface area contributed by atoms with Gasteiger partial charge in [-0.25, -0.2) is 0 Å². The first-order chi connectivity index (χ1) is 7.65. The van der Waals surface area contributed by atoms with Crippen LogP contribution in [0, 0.1) is 5.92 Å². The molecule has 0 aromatic carbocycles. The number of hydrogen-bond acceptors (Lipinski definition) is 2. The van der Waals surface area contributed by atoms with E-state index in [2.05, 4.69) is 6.58 Å².